The number of nitrogens with zero attached hydrogens (tertiary/aromatic N) is 3. The maximum atomic E-state index is 11.0. The normalized spacial score (nSPS) is 14.2. The van der Waals surface area contributed by atoms with E-state index in [0.29, 0.717) is 0 Å². The van der Waals surface area contributed by atoms with E-state index in [4.69, 9.17) is 10.2 Å². The van der Waals surface area contributed by atoms with Gasteiger partial charge in [-0.3, -0.25) is 10.1 Å². The molecule has 102 valence electrons. The number of carboxylic acids is 1. The molecule has 0 saturated heterocycles. The van der Waals surface area contributed by atoms with Gasteiger partial charge in [0, 0.05) is 18.7 Å². The number of hydrogen-bond donors (Lipinski definition) is 2. The van der Waals surface area contributed by atoms with Crippen molar-refractivity contribution in [2.75, 3.05) is 18.1 Å². The number of aromatic nitrogens is 1. The highest BCUT2D eigenvalue weighted by Crippen LogP contribution is 2.35. The molecule has 0 radical (unpaired) electrons. The van der Waals surface area contributed by atoms with E-state index in [1.54, 1.807) is 4.90 Å². The highest BCUT2D eigenvalue weighted by molar-refractivity contribution is 5.86. The fourth-order valence-electron chi connectivity index (χ4n) is 1.87. The summed E-state index contributed by atoms with van der Waals surface area (Å²) in [5.74, 6) is -1.22. The maximum absolute atomic E-state index is 11.0. The smallest absolute Gasteiger partial charge is 0.354 e. The Kier molecular flexibility index (Phi) is 3.61. The predicted octanol–water partition coefficient (Wildman–Crippen LogP) is 0.649. The van der Waals surface area contributed by atoms with Gasteiger partial charge in [-0.1, -0.05) is 0 Å². The molecule has 8 heteroatoms. The van der Waals surface area contributed by atoms with Gasteiger partial charge in [0.1, 0.15) is 0 Å². The average molecular weight is 267 g/mol. The van der Waals surface area contributed by atoms with E-state index >= 15 is 0 Å². The summed E-state index contributed by atoms with van der Waals surface area (Å²) in [7, 11) is 0. The minimum absolute atomic E-state index is 0.0152. The number of aliphatic hydroxyl groups excluding tert-OH is 1. The molecule has 2 rings (SSSR count). The number of hydrogen-bond acceptors (Lipinski definition) is 6. The van der Waals surface area contributed by atoms with Crippen LogP contribution in [0.1, 0.15) is 23.3 Å². The van der Waals surface area contributed by atoms with Crippen LogP contribution in [0, 0.1) is 10.1 Å². The fraction of sp³-hybridized carbons (Fsp3) is 0.455. The van der Waals surface area contributed by atoms with E-state index in [9.17, 15) is 14.9 Å². The molecule has 1 heterocycles. The molecule has 0 aliphatic heterocycles. The highest BCUT2D eigenvalue weighted by Gasteiger charge is 2.34. The summed E-state index contributed by atoms with van der Waals surface area (Å²) in [6.45, 7) is 0.0220. The van der Waals surface area contributed by atoms with Crippen LogP contribution in [0.5, 0.6) is 0 Å². The Balaban J connectivity index is 2.46. The summed E-state index contributed by atoms with van der Waals surface area (Å²) in [6, 6.07) is 2.33. The zero-order valence-corrected chi connectivity index (χ0v) is 10.0. The first-order valence-corrected chi connectivity index (χ1v) is 5.81. The quantitative estimate of drug-likeness (QED) is 0.574. The van der Waals surface area contributed by atoms with Gasteiger partial charge in [-0.15, -0.1) is 0 Å². The van der Waals surface area contributed by atoms with Crippen molar-refractivity contribution in [3.8, 4) is 0 Å². The van der Waals surface area contributed by atoms with Gasteiger partial charge in [-0.25, -0.2) is 9.78 Å². The molecule has 1 aromatic heterocycles. The Bertz CT molecular complexity index is 515. The van der Waals surface area contributed by atoms with E-state index in [1.807, 2.05) is 0 Å². The van der Waals surface area contributed by atoms with Crippen LogP contribution in [-0.4, -0.2) is 45.3 Å². The molecule has 1 fully saturated rings. The summed E-state index contributed by atoms with van der Waals surface area (Å²) in [6.07, 6.45) is 1.71. The molecule has 0 aromatic carbocycles. The van der Waals surface area contributed by atoms with Crippen LogP contribution < -0.4 is 4.90 Å². The Hall–Kier alpha value is -2.22. The first kappa shape index (κ1) is 13.2. The molecule has 1 aliphatic carbocycles. The van der Waals surface area contributed by atoms with Gasteiger partial charge in [0.2, 0.25) is 5.82 Å². The lowest BCUT2D eigenvalue weighted by atomic mass is 10.3. The molecule has 0 unspecified atom stereocenters. The fourth-order valence-corrected chi connectivity index (χ4v) is 1.87. The van der Waals surface area contributed by atoms with Crippen molar-refractivity contribution >= 4 is 17.5 Å². The zero-order valence-electron chi connectivity index (χ0n) is 10.0. The number of carbonyl (C=O) groups is 1. The Morgan fingerprint density at radius 2 is 2.21 bits per heavy atom. The van der Waals surface area contributed by atoms with Crippen molar-refractivity contribution in [1.29, 1.82) is 0 Å². The second-order valence-electron chi connectivity index (χ2n) is 4.25. The minimum Gasteiger partial charge on any atom is -0.477 e. The average Bonchev–Trinajstić information content (AvgIpc) is 3.19. The molecule has 1 saturated carbocycles. The Morgan fingerprint density at radius 3 is 2.68 bits per heavy atom. The molecular weight excluding hydrogens is 254 g/mol. The van der Waals surface area contributed by atoms with Crippen LogP contribution in [0.4, 0.5) is 11.5 Å². The lowest BCUT2D eigenvalue weighted by Gasteiger charge is -2.22. The molecule has 2 N–H and O–H groups in total. The third kappa shape index (κ3) is 2.79. The van der Waals surface area contributed by atoms with Gasteiger partial charge in [-0.2, -0.15) is 0 Å². The lowest BCUT2D eigenvalue weighted by molar-refractivity contribution is -0.384. The first-order valence-electron chi connectivity index (χ1n) is 5.81. The number of rotatable bonds is 6. The number of pyridine rings is 1. The molecule has 0 atom stereocenters. The number of nitro groups is 1. The molecular formula is C11H13N3O5. The molecule has 0 spiro atoms. The van der Waals surface area contributed by atoms with Crippen molar-refractivity contribution in [2.24, 2.45) is 0 Å². The second kappa shape index (κ2) is 5.19. The van der Waals surface area contributed by atoms with Gasteiger partial charge in [0.25, 0.3) is 0 Å². The molecule has 19 heavy (non-hydrogen) atoms. The van der Waals surface area contributed by atoms with Crippen LogP contribution in [0.3, 0.4) is 0 Å². The van der Waals surface area contributed by atoms with E-state index in [1.165, 1.54) is 0 Å². The van der Waals surface area contributed by atoms with Crippen molar-refractivity contribution in [1.82, 2.24) is 4.98 Å². The number of carboxylic acid groups (broad SMARTS) is 1. The number of anilines is 1. The van der Waals surface area contributed by atoms with Crippen LogP contribution in [0.15, 0.2) is 12.1 Å². The largest absolute Gasteiger partial charge is 0.477 e. The van der Waals surface area contributed by atoms with Crippen LogP contribution in [0.2, 0.25) is 0 Å². The summed E-state index contributed by atoms with van der Waals surface area (Å²) < 4.78 is 0. The first-order chi connectivity index (χ1) is 9.04. The SMILES string of the molecule is O=C(O)c1ccc([N+](=O)[O-])c(N(CCO)C2CC2)n1. The third-order valence-electron chi connectivity index (χ3n) is 2.87. The summed E-state index contributed by atoms with van der Waals surface area (Å²) in [5, 5.41) is 28.9. The molecule has 8 nitrogen and oxygen atoms in total. The van der Waals surface area contributed by atoms with Crippen molar-refractivity contribution in [2.45, 2.75) is 18.9 Å². The Labute approximate surface area is 108 Å². The van der Waals surface area contributed by atoms with Gasteiger partial charge >= 0.3 is 11.7 Å². The topological polar surface area (TPSA) is 117 Å². The molecule has 1 aliphatic rings. The van der Waals surface area contributed by atoms with Crippen LogP contribution >= 0.6 is 0 Å². The molecule has 1 aromatic rings. The van der Waals surface area contributed by atoms with Crippen LogP contribution in [-0.2, 0) is 0 Å². The predicted molar refractivity (Wildman–Crippen MR) is 65.3 cm³/mol. The maximum Gasteiger partial charge on any atom is 0.354 e. The van der Waals surface area contributed by atoms with E-state index in [-0.39, 0.29) is 36.4 Å². The van der Waals surface area contributed by atoms with Crippen LogP contribution in [0.25, 0.3) is 0 Å². The van der Waals surface area contributed by atoms with Crippen molar-refractivity contribution in [3.05, 3.63) is 27.9 Å². The number of aromatic carboxylic acids is 1. The minimum atomic E-state index is -1.24. The highest BCUT2D eigenvalue weighted by atomic mass is 16.6. The van der Waals surface area contributed by atoms with Crippen molar-refractivity contribution in [3.63, 3.8) is 0 Å². The van der Waals surface area contributed by atoms with E-state index in [0.717, 1.165) is 25.0 Å². The third-order valence-corrected chi connectivity index (χ3v) is 2.87. The van der Waals surface area contributed by atoms with Crippen molar-refractivity contribution < 1.29 is 19.9 Å². The summed E-state index contributed by atoms with van der Waals surface area (Å²) in [5.41, 5.74) is -0.491. The molecule has 0 bridgehead atoms. The Morgan fingerprint density at radius 1 is 1.53 bits per heavy atom. The van der Waals surface area contributed by atoms with Gasteiger partial charge in [0.05, 0.1) is 11.5 Å². The van der Waals surface area contributed by atoms with Gasteiger partial charge < -0.3 is 15.1 Å². The monoisotopic (exact) mass is 267 g/mol. The van der Waals surface area contributed by atoms with E-state index < -0.39 is 10.9 Å². The van der Waals surface area contributed by atoms with E-state index in [2.05, 4.69) is 4.98 Å². The lowest BCUT2D eigenvalue weighted by Crippen LogP contribution is -2.30. The van der Waals surface area contributed by atoms with Gasteiger partial charge in [-0.05, 0) is 18.9 Å². The number of aliphatic hydroxyl groups is 1. The van der Waals surface area contributed by atoms with Gasteiger partial charge in [0.15, 0.2) is 5.69 Å². The zero-order chi connectivity index (χ0) is 14.0. The molecule has 0 amide bonds. The summed E-state index contributed by atoms with van der Waals surface area (Å²) in [4.78, 5) is 26.7. The standard InChI is InChI=1S/C11H13N3O5/c15-6-5-13(7-1-2-7)10-9(14(18)19)4-3-8(12-10)11(16)17/h3-4,7,15H,1-2,5-6H2,(H,16,17). The second-order valence-corrected chi connectivity index (χ2v) is 4.25. The summed E-state index contributed by atoms with van der Waals surface area (Å²) >= 11 is 0.